The minimum absolute atomic E-state index is 0.0638. The van der Waals surface area contributed by atoms with Gasteiger partial charge in [-0.15, -0.1) is 0 Å². The van der Waals surface area contributed by atoms with Gasteiger partial charge >= 0.3 is 11.6 Å². The molecule has 0 aliphatic rings. The molecule has 0 saturated heterocycles. The third-order valence-corrected chi connectivity index (χ3v) is 3.25. The zero-order valence-electron chi connectivity index (χ0n) is 12.2. The third kappa shape index (κ3) is 3.52. The van der Waals surface area contributed by atoms with Crippen LogP contribution in [0.1, 0.15) is 30.1 Å². The Kier molecular flexibility index (Phi) is 4.93. The van der Waals surface area contributed by atoms with E-state index in [1.165, 1.54) is 11.0 Å². The predicted octanol–water partition coefficient (Wildman–Crippen LogP) is 2.12. The van der Waals surface area contributed by atoms with Crippen molar-refractivity contribution in [3.8, 4) is 0 Å². The first-order valence-electron chi connectivity index (χ1n) is 7.07. The molecule has 116 valence electrons. The van der Waals surface area contributed by atoms with Gasteiger partial charge in [0.2, 0.25) is 0 Å². The maximum atomic E-state index is 12.5. The van der Waals surface area contributed by atoms with Gasteiger partial charge in [-0.25, -0.2) is 4.79 Å². The van der Waals surface area contributed by atoms with Gasteiger partial charge in [0.1, 0.15) is 11.1 Å². The maximum Gasteiger partial charge on any atom is 0.349 e. The van der Waals surface area contributed by atoms with Crippen LogP contribution < -0.4 is 5.63 Å². The SMILES string of the molecule is CCCN(CCC(=O)O)C(=O)c1cc2ccccc2oc1=O. The maximum absolute atomic E-state index is 12.5. The molecule has 0 saturated carbocycles. The lowest BCUT2D eigenvalue weighted by atomic mass is 10.1. The van der Waals surface area contributed by atoms with Crippen molar-refractivity contribution < 1.29 is 19.1 Å². The van der Waals surface area contributed by atoms with E-state index in [0.717, 1.165) is 0 Å². The van der Waals surface area contributed by atoms with Crippen LogP contribution in [-0.2, 0) is 4.79 Å². The first kappa shape index (κ1) is 15.8. The van der Waals surface area contributed by atoms with Crippen molar-refractivity contribution in [1.82, 2.24) is 4.90 Å². The smallest absolute Gasteiger partial charge is 0.349 e. The fourth-order valence-electron chi connectivity index (χ4n) is 2.20. The predicted molar refractivity (Wildman–Crippen MR) is 80.9 cm³/mol. The second-order valence-electron chi connectivity index (χ2n) is 4.92. The summed E-state index contributed by atoms with van der Waals surface area (Å²) in [7, 11) is 0. The Balaban J connectivity index is 2.35. The molecule has 2 aromatic rings. The Morgan fingerprint density at radius 2 is 1.95 bits per heavy atom. The number of amides is 1. The van der Waals surface area contributed by atoms with Crippen LogP contribution in [0.5, 0.6) is 0 Å². The zero-order valence-corrected chi connectivity index (χ0v) is 12.2. The molecular formula is C16H17NO5. The minimum Gasteiger partial charge on any atom is -0.481 e. The number of benzene rings is 1. The molecule has 6 nitrogen and oxygen atoms in total. The van der Waals surface area contributed by atoms with E-state index >= 15 is 0 Å². The Morgan fingerprint density at radius 3 is 2.64 bits per heavy atom. The van der Waals surface area contributed by atoms with Crippen LogP contribution in [0.2, 0.25) is 0 Å². The molecule has 2 rings (SSSR count). The standard InChI is InChI=1S/C16H17NO5/c1-2-8-17(9-7-14(18)19)15(20)12-10-11-5-3-4-6-13(11)22-16(12)21/h3-6,10H,2,7-9H2,1H3,(H,18,19). The highest BCUT2D eigenvalue weighted by molar-refractivity contribution is 5.96. The van der Waals surface area contributed by atoms with Gasteiger partial charge in [0, 0.05) is 18.5 Å². The van der Waals surface area contributed by atoms with Gasteiger partial charge in [-0.3, -0.25) is 9.59 Å². The average Bonchev–Trinajstić information content (AvgIpc) is 2.50. The lowest BCUT2D eigenvalue weighted by Crippen LogP contribution is -2.36. The van der Waals surface area contributed by atoms with Gasteiger partial charge in [0.15, 0.2) is 0 Å². The Hall–Kier alpha value is -2.63. The van der Waals surface area contributed by atoms with E-state index < -0.39 is 17.5 Å². The number of rotatable bonds is 6. The number of carboxylic acids is 1. The van der Waals surface area contributed by atoms with Crippen molar-refractivity contribution in [2.45, 2.75) is 19.8 Å². The largest absolute Gasteiger partial charge is 0.481 e. The van der Waals surface area contributed by atoms with E-state index in [1.807, 2.05) is 6.92 Å². The number of carbonyl (C=O) groups is 2. The second kappa shape index (κ2) is 6.89. The topological polar surface area (TPSA) is 87.8 Å². The number of carbonyl (C=O) groups excluding carboxylic acids is 1. The van der Waals surface area contributed by atoms with Crippen molar-refractivity contribution in [2.24, 2.45) is 0 Å². The molecule has 1 aromatic heterocycles. The zero-order chi connectivity index (χ0) is 16.1. The lowest BCUT2D eigenvalue weighted by Gasteiger charge is -2.20. The molecule has 1 N–H and O–H groups in total. The van der Waals surface area contributed by atoms with E-state index in [2.05, 4.69) is 0 Å². The van der Waals surface area contributed by atoms with Crippen LogP contribution in [-0.4, -0.2) is 35.0 Å². The van der Waals surface area contributed by atoms with Crippen LogP contribution in [0.15, 0.2) is 39.5 Å². The quantitative estimate of drug-likeness (QED) is 0.826. The number of aliphatic carboxylic acids is 1. The van der Waals surface area contributed by atoms with E-state index in [9.17, 15) is 14.4 Å². The molecule has 1 aromatic carbocycles. The molecule has 22 heavy (non-hydrogen) atoms. The van der Waals surface area contributed by atoms with Crippen LogP contribution >= 0.6 is 0 Å². The first-order valence-corrected chi connectivity index (χ1v) is 7.07. The van der Waals surface area contributed by atoms with Crippen molar-refractivity contribution in [3.05, 3.63) is 46.3 Å². The fourth-order valence-corrected chi connectivity index (χ4v) is 2.20. The van der Waals surface area contributed by atoms with Gasteiger partial charge in [-0.2, -0.15) is 0 Å². The number of carboxylic acid groups (broad SMARTS) is 1. The molecule has 1 heterocycles. The molecule has 0 radical (unpaired) electrons. The summed E-state index contributed by atoms with van der Waals surface area (Å²) in [5, 5.41) is 9.41. The summed E-state index contributed by atoms with van der Waals surface area (Å²) >= 11 is 0. The number of para-hydroxylation sites is 1. The Morgan fingerprint density at radius 1 is 1.23 bits per heavy atom. The molecule has 0 fully saturated rings. The number of fused-ring (bicyclic) bond motifs is 1. The summed E-state index contributed by atoms with van der Waals surface area (Å²) < 4.78 is 5.15. The highest BCUT2D eigenvalue weighted by Gasteiger charge is 2.20. The molecule has 0 atom stereocenters. The van der Waals surface area contributed by atoms with Crippen molar-refractivity contribution >= 4 is 22.8 Å². The minimum atomic E-state index is -0.987. The van der Waals surface area contributed by atoms with Gasteiger partial charge in [0.25, 0.3) is 5.91 Å². The number of hydrogen-bond donors (Lipinski definition) is 1. The molecule has 1 amide bonds. The summed E-state index contributed by atoms with van der Waals surface area (Å²) in [5.41, 5.74) is -0.366. The second-order valence-corrected chi connectivity index (χ2v) is 4.92. The summed E-state index contributed by atoms with van der Waals surface area (Å²) in [5.74, 6) is -1.48. The third-order valence-electron chi connectivity index (χ3n) is 3.25. The Bertz CT molecular complexity index is 750. The van der Waals surface area contributed by atoms with Crippen LogP contribution in [0, 0.1) is 0 Å². The van der Waals surface area contributed by atoms with Gasteiger partial charge < -0.3 is 14.4 Å². The summed E-state index contributed by atoms with van der Waals surface area (Å²) in [6, 6.07) is 8.41. The molecule has 0 bridgehead atoms. The van der Waals surface area contributed by atoms with E-state index in [4.69, 9.17) is 9.52 Å². The summed E-state index contributed by atoms with van der Waals surface area (Å²) in [6.07, 6.45) is 0.509. The molecular weight excluding hydrogens is 286 g/mol. The molecule has 0 aliphatic heterocycles. The van der Waals surface area contributed by atoms with Crippen molar-refractivity contribution in [3.63, 3.8) is 0 Å². The Labute approximate surface area is 127 Å². The molecule has 6 heteroatoms. The summed E-state index contributed by atoms with van der Waals surface area (Å²) in [6.45, 7) is 2.33. The van der Waals surface area contributed by atoms with Crippen molar-refractivity contribution in [2.75, 3.05) is 13.1 Å². The van der Waals surface area contributed by atoms with Crippen LogP contribution in [0.3, 0.4) is 0 Å². The van der Waals surface area contributed by atoms with Crippen LogP contribution in [0.25, 0.3) is 11.0 Å². The fraction of sp³-hybridized carbons (Fsp3) is 0.312. The normalized spacial score (nSPS) is 10.6. The molecule has 0 aliphatic carbocycles. The van der Waals surface area contributed by atoms with E-state index in [-0.39, 0.29) is 18.5 Å². The number of hydrogen-bond acceptors (Lipinski definition) is 4. The molecule has 0 spiro atoms. The summed E-state index contributed by atoms with van der Waals surface area (Å²) in [4.78, 5) is 36.5. The lowest BCUT2D eigenvalue weighted by molar-refractivity contribution is -0.137. The van der Waals surface area contributed by atoms with E-state index in [1.54, 1.807) is 24.3 Å². The van der Waals surface area contributed by atoms with Gasteiger partial charge in [-0.1, -0.05) is 25.1 Å². The van der Waals surface area contributed by atoms with Crippen LogP contribution in [0.4, 0.5) is 0 Å². The van der Waals surface area contributed by atoms with Crippen molar-refractivity contribution in [1.29, 1.82) is 0 Å². The molecule has 0 unspecified atom stereocenters. The van der Waals surface area contributed by atoms with E-state index in [0.29, 0.717) is 23.9 Å². The van der Waals surface area contributed by atoms with Gasteiger partial charge in [-0.05, 0) is 18.6 Å². The highest BCUT2D eigenvalue weighted by atomic mass is 16.4. The number of nitrogens with zero attached hydrogens (tertiary/aromatic N) is 1. The van der Waals surface area contributed by atoms with Gasteiger partial charge in [0.05, 0.1) is 6.42 Å². The monoisotopic (exact) mass is 303 g/mol. The average molecular weight is 303 g/mol. The first-order chi connectivity index (χ1) is 10.5. The highest BCUT2D eigenvalue weighted by Crippen LogP contribution is 2.14.